The van der Waals surface area contributed by atoms with Gasteiger partial charge in [0.25, 0.3) is 5.91 Å². The smallest absolute Gasteiger partial charge is 0.418 e. The number of carbonyl (C=O) groups excluding carboxylic acids is 1. The number of rotatable bonds is 8. The van der Waals surface area contributed by atoms with Crippen LogP contribution in [-0.4, -0.2) is 75.6 Å². The summed E-state index contributed by atoms with van der Waals surface area (Å²) in [5.74, 6) is -3.12. The molecule has 17 heteroatoms. The number of anilines is 2. The Hall–Kier alpha value is -4.15. The van der Waals surface area contributed by atoms with Crippen molar-refractivity contribution in [3.05, 3.63) is 56.5 Å². The van der Waals surface area contributed by atoms with Gasteiger partial charge in [0, 0.05) is 35.6 Å². The number of thiazole rings is 1. The number of aromatic nitrogens is 4. The average Bonchev–Trinajstić information content (AvgIpc) is 3.85. The third-order valence-corrected chi connectivity index (χ3v) is 10.8. The number of nitrogens with two attached hydrogens (primary N) is 1. The van der Waals surface area contributed by atoms with E-state index >= 15 is 4.39 Å². The predicted octanol–water partition coefficient (Wildman–Crippen LogP) is 6.42. The molecule has 0 unspecified atom stereocenters. The number of pyridine rings is 1. The highest BCUT2D eigenvalue weighted by molar-refractivity contribution is 7.10. The van der Waals surface area contributed by atoms with Gasteiger partial charge in [-0.2, -0.15) is 23.1 Å². The number of ether oxygens (including phenoxy) is 1. The number of fused-ring (bicyclic) bond motifs is 3. The van der Waals surface area contributed by atoms with E-state index in [0.717, 1.165) is 37.9 Å². The summed E-state index contributed by atoms with van der Waals surface area (Å²) in [4.78, 5) is 33.8. The second-order valence-electron chi connectivity index (χ2n) is 12.9. The summed E-state index contributed by atoms with van der Waals surface area (Å²) in [6.07, 6.45) is 0.877. The van der Waals surface area contributed by atoms with Crippen molar-refractivity contribution in [2.24, 2.45) is 5.92 Å². The Morgan fingerprint density at radius 3 is 2.72 bits per heavy atom. The van der Waals surface area contributed by atoms with E-state index in [9.17, 15) is 22.4 Å². The van der Waals surface area contributed by atoms with E-state index in [1.54, 1.807) is 5.38 Å². The molecule has 4 atom stereocenters. The highest BCUT2D eigenvalue weighted by Crippen LogP contribution is 2.47. The summed E-state index contributed by atoms with van der Waals surface area (Å²) >= 11 is 7.80. The minimum absolute atomic E-state index is 0.0620. The molecule has 10 nitrogen and oxygen atoms in total. The van der Waals surface area contributed by atoms with E-state index in [-0.39, 0.29) is 63.7 Å². The van der Waals surface area contributed by atoms with Crippen molar-refractivity contribution in [1.29, 1.82) is 0 Å². The minimum atomic E-state index is -4.90. The van der Waals surface area contributed by atoms with Gasteiger partial charge in [0.15, 0.2) is 11.6 Å². The quantitative estimate of drug-likeness (QED) is 0.156. The van der Waals surface area contributed by atoms with Crippen LogP contribution in [0.25, 0.3) is 28.2 Å². The number of nitrogen functional groups attached to an aromatic ring is 1. The van der Waals surface area contributed by atoms with Gasteiger partial charge in [0.05, 0.1) is 33.9 Å². The van der Waals surface area contributed by atoms with E-state index in [1.165, 1.54) is 30.5 Å². The van der Waals surface area contributed by atoms with Crippen LogP contribution in [0.15, 0.2) is 29.5 Å². The van der Waals surface area contributed by atoms with Gasteiger partial charge in [0.2, 0.25) is 0 Å². The molecular formula is C33H32ClF5N8O2S. The van der Waals surface area contributed by atoms with Crippen LogP contribution in [0.2, 0.25) is 5.02 Å². The lowest BCUT2D eigenvalue weighted by Gasteiger charge is -2.30. The summed E-state index contributed by atoms with van der Waals surface area (Å²) < 4.78 is 80.6. The second-order valence-corrected chi connectivity index (χ2v) is 14.2. The largest absolute Gasteiger partial charge is 0.462 e. The van der Waals surface area contributed by atoms with E-state index in [0.29, 0.717) is 18.0 Å². The molecule has 0 spiro atoms. The number of aryl methyl sites for hydroxylation is 1. The summed E-state index contributed by atoms with van der Waals surface area (Å²) in [5, 5.41) is 4.60. The number of alkyl halides is 3. The fourth-order valence-electron chi connectivity index (χ4n) is 7.42. The summed E-state index contributed by atoms with van der Waals surface area (Å²) in [6.45, 7) is 2.67. The number of carbonyl (C=O) groups is 1. The van der Waals surface area contributed by atoms with Gasteiger partial charge in [-0.15, -0.1) is 11.3 Å². The zero-order valence-corrected chi connectivity index (χ0v) is 28.5. The van der Waals surface area contributed by atoms with Gasteiger partial charge in [-0.25, -0.2) is 18.7 Å². The monoisotopic (exact) mass is 734 g/mol. The van der Waals surface area contributed by atoms with Crippen molar-refractivity contribution >= 4 is 57.5 Å². The molecule has 3 fully saturated rings. The van der Waals surface area contributed by atoms with E-state index < -0.39 is 46.6 Å². The van der Waals surface area contributed by atoms with Crippen LogP contribution in [-0.2, 0) is 11.0 Å². The molecule has 2 saturated heterocycles. The number of amides is 1. The third-order valence-electron chi connectivity index (χ3n) is 9.75. The molecule has 3 N–H and O–H groups in total. The lowest BCUT2D eigenvalue weighted by molar-refractivity contribution is -0.137. The fourth-order valence-corrected chi connectivity index (χ4v) is 8.25. The molecule has 1 aromatic carbocycles. The summed E-state index contributed by atoms with van der Waals surface area (Å²) in [7, 11) is 1.96. The third kappa shape index (κ3) is 6.32. The van der Waals surface area contributed by atoms with Gasteiger partial charge >= 0.3 is 12.2 Å². The van der Waals surface area contributed by atoms with Crippen LogP contribution in [0, 0.1) is 18.7 Å². The Bertz CT molecular complexity index is 2000. The molecule has 264 valence electrons. The van der Waals surface area contributed by atoms with Crippen LogP contribution in [0.5, 0.6) is 6.01 Å². The Balaban J connectivity index is 1.31. The zero-order chi connectivity index (χ0) is 35.5. The molecule has 1 aliphatic carbocycles. The highest BCUT2D eigenvalue weighted by Gasteiger charge is 2.49. The first-order valence-electron chi connectivity index (χ1n) is 16.0. The molecule has 1 saturated carbocycles. The summed E-state index contributed by atoms with van der Waals surface area (Å²) in [6, 6.07) is 1.44. The maximum atomic E-state index is 16.8. The maximum absolute atomic E-state index is 16.8. The molecule has 7 rings (SSSR count). The van der Waals surface area contributed by atoms with Crippen LogP contribution >= 0.6 is 22.9 Å². The molecule has 3 aromatic heterocycles. The molecule has 0 radical (unpaired) electrons. The molecule has 1 amide bonds. The second kappa shape index (κ2) is 13.2. The molecular weight excluding hydrogens is 703 g/mol. The Morgan fingerprint density at radius 2 is 2.02 bits per heavy atom. The van der Waals surface area contributed by atoms with Crippen LogP contribution in [0.4, 0.5) is 33.6 Å². The van der Waals surface area contributed by atoms with Gasteiger partial charge in [0.1, 0.15) is 28.8 Å². The lowest BCUT2D eigenvalue weighted by Crippen LogP contribution is -2.44. The van der Waals surface area contributed by atoms with Crippen molar-refractivity contribution < 1.29 is 31.5 Å². The average molecular weight is 735 g/mol. The molecule has 2 aliphatic heterocycles. The summed E-state index contributed by atoms with van der Waals surface area (Å²) in [5.41, 5.74) is 2.73. The van der Waals surface area contributed by atoms with Crippen molar-refractivity contribution in [3.8, 4) is 17.3 Å². The van der Waals surface area contributed by atoms with Crippen molar-refractivity contribution in [3.63, 3.8) is 0 Å². The Morgan fingerprint density at radius 1 is 1.22 bits per heavy atom. The van der Waals surface area contributed by atoms with Gasteiger partial charge in [-0.1, -0.05) is 11.6 Å². The van der Waals surface area contributed by atoms with E-state index in [1.807, 2.05) is 11.9 Å². The van der Waals surface area contributed by atoms with Gasteiger partial charge in [-0.05, 0) is 69.8 Å². The first-order chi connectivity index (χ1) is 23.8. The van der Waals surface area contributed by atoms with E-state index in [4.69, 9.17) is 22.1 Å². The standard InChI is InChI=1S/C33H32ClF5N8O2S/c1-15-10-22(40)42-29(25(15)33(37,38)39)24-19(34)11-18-28(26(24)36)44-32(49-14-17-4-3-8-46(17)2)45-30(18)47-13-16-5-6-21(47)27(16)43-31(48)20(35)12-23-41-7-9-50-23/h7,9-12,16-17,21,27H,3-6,8,13-14H2,1-2H3,(H2,40,42)(H,43,48)/b20-12-/t16-,17+,21-,27-/m1/s1. The Kier molecular flexibility index (Phi) is 9.05. The van der Waals surface area contributed by atoms with Crippen molar-refractivity contribution in [2.45, 2.75) is 56.9 Å². The number of likely N-dealkylation sites (tertiary alicyclic amines) is 1. The number of hydrogen-bond acceptors (Lipinski definition) is 10. The van der Waals surface area contributed by atoms with Crippen LogP contribution < -0.4 is 20.7 Å². The van der Waals surface area contributed by atoms with E-state index in [2.05, 4.69) is 30.2 Å². The normalized spacial score (nSPS) is 22.6. The fraction of sp³-hybridized carbons (Fsp3) is 0.424. The van der Waals surface area contributed by atoms with Crippen molar-refractivity contribution in [1.82, 2.24) is 30.2 Å². The van der Waals surface area contributed by atoms with Crippen LogP contribution in [0.3, 0.4) is 0 Å². The number of benzene rings is 1. The molecule has 50 heavy (non-hydrogen) atoms. The minimum Gasteiger partial charge on any atom is -0.462 e. The molecule has 5 heterocycles. The SMILES string of the molecule is Cc1cc(N)nc(-c2c(Cl)cc3c(N4C[C@H]5CC[C@@H]4[C@@H]5NC(=O)/C(F)=C/c4nccs4)nc(OC[C@@H]4CCCN4C)nc3c2F)c1C(F)(F)F. The van der Waals surface area contributed by atoms with Crippen molar-refractivity contribution in [2.75, 3.05) is 37.4 Å². The highest BCUT2D eigenvalue weighted by atomic mass is 35.5. The molecule has 4 aromatic rings. The number of halogens is 6. The number of nitrogens with zero attached hydrogens (tertiary/aromatic N) is 6. The molecule has 2 bridgehead atoms. The number of hydrogen-bond donors (Lipinski definition) is 2. The number of nitrogens with one attached hydrogen (secondary N) is 1. The first kappa shape index (κ1) is 34.3. The lowest BCUT2D eigenvalue weighted by atomic mass is 9.99. The van der Waals surface area contributed by atoms with Crippen LogP contribution in [0.1, 0.15) is 41.8 Å². The number of piperidine rings is 1. The molecule has 3 aliphatic rings. The van der Waals surface area contributed by atoms with Gasteiger partial charge in [-0.3, -0.25) is 4.79 Å². The zero-order valence-electron chi connectivity index (χ0n) is 26.9. The number of likely N-dealkylation sites (N-methyl/N-ethyl adjacent to an activating group) is 1. The van der Waals surface area contributed by atoms with Gasteiger partial charge < -0.3 is 25.6 Å². The predicted molar refractivity (Wildman–Crippen MR) is 180 cm³/mol. The first-order valence-corrected chi connectivity index (χ1v) is 17.3. The maximum Gasteiger partial charge on any atom is 0.418 e. The topological polar surface area (TPSA) is 122 Å². The Labute approximate surface area is 292 Å².